The minimum absolute atomic E-state index is 0.0985. The highest BCUT2D eigenvalue weighted by Crippen LogP contribution is 2.26. The summed E-state index contributed by atoms with van der Waals surface area (Å²) in [6.07, 6.45) is 0.465. The van der Waals surface area contributed by atoms with Crippen LogP contribution in [0.15, 0.2) is 27.5 Å². The van der Waals surface area contributed by atoms with Gasteiger partial charge in [0, 0.05) is 23.5 Å². The quantitative estimate of drug-likeness (QED) is 0.826. The molecule has 0 atom stereocenters. The minimum atomic E-state index is -0.890. The number of benzene rings is 1. The fourth-order valence-electron chi connectivity index (χ4n) is 2.67. The monoisotopic (exact) mass is 351 g/mol. The van der Waals surface area contributed by atoms with Crippen LogP contribution in [0.1, 0.15) is 24.6 Å². The molecule has 0 spiro atoms. The first kappa shape index (κ1) is 14.1. The molecular formula is C14H14BrN3O3. The summed E-state index contributed by atoms with van der Waals surface area (Å²) in [5.41, 5.74) is 0.509. The van der Waals surface area contributed by atoms with Crippen molar-refractivity contribution in [2.24, 2.45) is 0 Å². The van der Waals surface area contributed by atoms with Crippen molar-refractivity contribution in [2.75, 3.05) is 13.1 Å². The fraction of sp³-hybridized carbons (Fsp3) is 0.357. The first-order valence-electron chi connectivity index (χ1n) is 6.72. The van der Waals surface area contributed by atoms with Gasteiger partial charge in [0.25, 0.3) is 5.56 Å². The molecule has 2 N–H and O–H groups in total. The van der Waals surface area contributed by atoms with Crippen LogP contribution in [0.5, 0.6) is 0 Å². The summed E-state index contributed by atoms with van der Waals surface area (Å²) in [6.45, 7) is 0.949. The Morgan fingerprint density at radius 2 is 2.10 bits per heavy atom. The Kier molecular flexibility index (Phi) is 3.67. The number of halogens is 1. The molecule has 1 aliphatic heterocycles. The van der Waals surface area contributed by atoms with Crippen LogP contribution < -0.4 is 5.56 Å². The molecule has 1 aliphatic rings. The van der Waals surface area contributed by atoms with Crippen LogP contribution in [0, 0.1) is 0 Å². The van der Waals surface area contributed by atoms with Crippen molar-refractivity contribution in [3.8, 4) is 0 Å². The lowest BCUT2D eigenvalue weighted by Crippen LogP contribution is -2.37. The van der Waals surface area contributed by atoms with E-state index in [9.17, 15) is 9.59 Å². The maximum absolute atomic E-state index is 12.1. The Bertz CT molecular complexity index is 751. The highest BCUT2D eigenvalue weighted by atomic mass is 79.9. The van der Waals surface area contributed by atoms with E-state index >= 15 is 0 Å². The molecular weight excluding hydrogens is 338 g/mol. The minimum Gasteiger partial charge on any atom is -0.465 e. The number of amides is 1. The molecule has 1 saturated heterocycles. The number of hydrogen-bond acceptors (Lipinski definition) is 3. The summed E-state index contributed by atoms with van der Waals surface area (Å²) in [5.74, 6) is 0.751. The van der Waals surface area contributed by atoms with E-state index in [0.717, 1.165) is 4.47 Å². The highest BCUT2D eigenvalue weighted by molar-refractivity contribution is 9.10. The summed E-state index contributed by atoms with van der Waals surface area (Å²) in [5, 5.41) is 9.51. The van der Waals surface area contributed by atoms with Crippen molar-refractivity contribution in [1.29, 1.82) is 0 Å². The molecule has 0 saturated carbocycles. The molecule has 7 heteroatoms. The first-order chi connectivity index (χ1) is 10.0. The summed E-state index contributed by atoms with van der Waals surface area (Å²) in [7, 11) is 0. The maximum atomic E-state index is 12.1. The van der Waals surface area contributed by atoms with Crippen LogP contribution in [-0.2, 0) is 0 Å². The molecule has 21 heavy (non-hydrogen) atoms. The van der Waals surface area contributed by atoms with E-state index in [4.69, 9.17) is 5.11 Å². The predicted octanol–water partition coefficient (Wildman–Crippen LogP) is 2.54. The van der Waals surface area contributed by atoms with Crippen LogP contribution in [0.2, 0.25) is 0 Å². The van der Waals surface area contributed by atoms with Crippen LogP contribution in [-0.4, -0.2) is 39.2 Å². The molecule has 2 heterocycles. The second-order valence-electron chi connectivity index (χ2n) is 5.16. The lowest BCUT2D eigenvalue weighted by molar-refractivity contribution is 0.131. The summed E-state index contributed by atoms with van der Waals surface area (Å²) in [6, 6.07) is 5.41. The van der Waals surface area contributed by atoms with Crippen molar-refractivity contribution < 1.29 is 9.90 Å². The molecule has 0 aliphatic carbocycles. The number of rotatable bonds is 1. The van der Waals surface area contributed by atoms with E-state index in [2.05, 4.69) is 25.9 Å². The number of aromatic amines is 1. The summed E-state index contributed by atoms with van der Waals surface area (Å²) in [4.78, 5) is 31.8. The predicted molar refractivity (Wildman–Crippen MR) is 81.6 cm³/mol. The van der Waals surface area contributed by atoms with E-state index in [1.165, 1.54) is 4.90 Å². The topological polar surface area (TPSA) is 86.3 Å². The molecule has 1 amide bonds. The van der Waals surface area contributed by atoms with Crippen molar-refractivity contribution in [1.82, 2.24) is 14.9 Å². The number of carbonyl (C=O) groups is 1. The maximum Gasteiger partial charge on any atom is 0.407 e. The number of fused-ring (bicyclic) bond motifs is 1. The van der Waals surface area contributed by atoms with Gasteiger partial charge >= 0.3 is 6.09 Å². The molecule has 1 aromatic heterocycles. The van der Waals surface area contributed by atoms with Gasteiger partial charge in [0.1, 0.15) is 5.82 Å². The molecule has 2 aromatic rings. The van der Waals surface area contributed by atoms with E-state index < -0.39 is 6.09 Å². The Morgan fingerprint density at radius 1 is 1.38 bits per heavy atom. The number of nitrogens with zero attached hydrogens (tertiary/aromatic N) is 2. The molecule has 110 valence electrons. The van der Waals surface area contributed by atoms with Gasteiger partial charge < -0.3 is 15.0 Å². The lowest BCUT2D eigenvalue weighted by Gasteiger charge is -2.29. The number of H-pyrrole nitrogens is 1. The van der Waals surface area contributed by atoms with E-state index in [0.29, 0.717) is 42.7 Å². The third kappa shape index (κ3) is 2.78. The number of piperidine rings is 1. The Morgan fingerprint density at radius 3 is 2.76 bits per heavy atom. The van der Waals surface area contributed by atoms with Gasteiger partial charge in [-0.25, -0.2) is 9.78 Å². The second-order valence-corrected chi connectivity index (χ2v) is 6.07. The molecule has 1 fully saturated rings. The van der Waals surface area contributed by atoms with E-state index in [1.807, 2.05) is 12.1 Å². The Balaban J connectivity index is 1.90. The number of hydrogen-bond donors (Lipinski definition) is 2. The average Bonchev–Trinajstić information content (AvgIpc) is 2.48. The van der Waals surface area contributed by atoms with E-state index in [-0.39, 0.29) is 11.5 Å². The van der Waals surface area contributed by atoms with Gasteiger partial charge in [0.15, 0.2) is 0 Å². The zero-order chi connectivity index (χ0) is 15.0. The van der Waals surface area contributed by atoms with Gasteiger partial charge in [-0.05, 0) is 31.0 Å². The molecule has 1 aromatic carbocycles. The average molecular weight is 352 g/mol. The molecule has 0 unspecified atom stereocenters. The zero-order valence-corrected chi connectivity index (χ0v) is 12.8. The van der Waals surface area contributed by atoms with E-state index in [1.54, 1.807) is 6.07 Å². The van der Waals surface area contributed by atoms with Crippen LogP contribution in [0.4, 0.5) is 4.79 Å². The highest BCUT2D eigenvalue weighted by Gasteiger charge is 2.25. The number of nitrogens with one attached hydrogen (secondary N) is 1. The second kappa shape index (κ2) is 5.48. The number of likely N-dealkylation sites (tertiary alicyclic amines) is 1. The summed E-state index contributed by atoms with van der Waals surface area (Å²) >= 11 is 3.34. The van der Waals surface area contributed by atoms with Gasteiger partial charge in [-0.3, -0.25) is 4.79 Å². The Hall–Kier alpha value is -1.89. The van der Waals surface area contributed by atoms with Crippen molar-refractivity contribution in [3.05, 3.63) is 38.9 Å². The van der Waals surface area contributed by atoms with Gasteiger partial charge in [0.05, 0.1) is 10.9 Å². The standard InChI is InChI=1S/C14H14BrN3O3/c15-9-1-2-11-10(7-9)13(19)17-12(16-11)8-3-5-18(6-4-8)14(20)21/h1-2,7-8H,3-6H2,(H,20,21)(H,16,17,19). The molecule has 0 bridgehead atoms. The first-order valence-corrected chi connectivity index (χ1v) is 7.51. The number of aromatic nitrogens is 2. The van der Waals surface area contributed by atoms with Crippen LogP contribution in [0.25, 0.3) is 10.9 Å². The van der Waals surface area contributed by atoms with Crippen molar-refractivity contribution in [2.45, 2.75) is 18.8 Å². The lowest BCUT2D eigenvalue weighted by atomic mass is 9.96. The molecule has 0 radical (unpaired) electrons. The SMILES string of the molecule is O=C(O)N1CCC(c2nc3ccc(Br)cc3c(=O)[nH]2)CC1. The fourth-order valence-corrected chi connectivity index (χ4v) is 3.03. The molecule has 3 rings (SSSR count). The smallest absolute Gasteiger partial charge is 0.407 e. The third-order valence-corrected chi connectivity index (χ3v) is 4.33. The van der Waals surface area contributed by atoms with Crippen molar-refractivity contribution in [3.63, 3.8) is 0 Å². The van der Waals surface area contributed by atoms with Gasteiger partial charge in [-0.15, -0.1) is 0 Å². The van der Waals surface area contributed by atoms with Gasteiger partial charge in [-0.2, -0.15) is 0 Å². The van der Waals surface area contributed by atoms with Crippen LogP contribution >= 0.6 is 15.9 Å². The summed E-state index contributed by atoms with van der Waals surface area (Å²) < 4.78 is 0.838. The number of carboxylic acid groups (broad SMARTS) is 1. The van der Waals surface area contributed by atoms with Gasteiger partial charge in [-0.1, -0.05) is 15.9 Å². The van der Waals surface area contributed by atoms with Gasteiger partial charge in [0.2, 0.25) is 0 Å². The third-order valence-electron chi connectivity index (χ3n) is 3.84. The van der Waals surface area contributed by atoms with Crippen LogP contribution in [0.3, 0.4) is 0 Å². The Labute approximate surface area is 128 Å². The largest absolute Gasteiger partial charge is 0.465 e. The molecule has 6 nitrogen and oxygen atoms in total. The van der Waals surface area contributed by atoms with Crippen molar-refractivity contribution >= 4 is 32.9 Å². The normalized spacial score (nSPS) is 16.3. The zero-order valence-electron chi connectivity index (χ0n) is 11.2.